The van der Waals surface area contributed by atoms with Gasteiger partial charge < -0.3 is 9.64 Å². The molecule has 7 nitrogen and oxygen atoms in total. The number of rotatable bonds is 10. The minimum absolute atomic E-state index is 0.00856. The van der Waals surface area contributed by atoms with E-state index in [9.17, 15) is 22.8 Å². The van der Waals surface area contributed by atoms with E-state index < -0.39 is 29.7 Å². The number of hydrogen-bond acceptors (Lipinski definition) is 6. The van der Waals surface area contributed by atoms with Crippen LogP contribution in [-0.2, 0) is 33.5 Å². The van der Waals surface area contributed by atoms with Crippen LogP contribution in [0.2, 0.25) is 0 Å². The standard InChI is InChI=1S/C31H27F3N4O3/c1-2-41-30(40)27(20-28-36-16-3-17-37-28)38(21-23-4-9-24(10-5-23)25-14-18-35-19-15-25)29(39)13-8-22-6-11-26(12-7-22)31(32,33)34/h3-19,27H,2,20-21H2,1H3. The first-order valence-corrected chi connectivity index (χ1v) is 12.8. The normalized spacial score (nSPS) is 12.2. The van der Waals surface area contributed by atoms with Crippen molar-refractivity contribution in [1.29, 1.82) is 0 Å². The highest BCUT2D eigenvalue weighted by molar-refractivity contribution is 5.94. The lowest BCUT2D eigenvalue weighted by Gasteiger charge is -2.29. The van der Waals surface area contributed by atoms with Crippen LogP contribution in [0.3, 0.4) is 0 Å². The van der Waals surface area contributed by atoms with Crippen molar-refractivity contribution in [2.75, 3.05) is 6.61 Å². The van der Waals surface area contributed by atoms with Crippen molar-refractivity contribution < 1.29 is 27.5 Å². The Morgan fingerprint density at radius 2 is 1.54 bits per heavy atom. The predicted octanol–water partition coefficient (Wildman–Crippen LogP) is 5.77. The number of amides is 1. The van der Waals surface area contributed by atoms with E-state index in [4.69, 9.17) is 4.74 Å². The molecule has 0 saturated heterocycles. The number of nitrogens with zero attached hydrogens (tertiary/aromatic N) is 4. The molecule has 210 valence electrons. The minimum atomic E-state index is -4.46. The lowest BCUT2D eigenvalue weighted by atomic mass is 10.0. The predicted molar refractivity (Wildman–Crippen MR) is 147 cm³/mol. The topological polar surface area (TPSA) is 85.3 Å². The molecule has 0 saturated carbocycles. The first-order valence-electron chi connectivity index (χ1n) is 12.8. The summed E-state index contributed by atoms with van der Waals surface area (Å²) in [5, 5.41) is 0. The molecular weight excluding hydrogens is 533 g/mol. The number of aromatic nitrogens is 3. The van der Waals surface area contributed by atoms with Gasteiger partial charge in [-0.2, -0.15) is 13.2 Å². The van der Waals surface area contributed by atoms with E-state index in [1.165, 1.54) is 29.2 Å². The third-order valence-electron chi connectivity index (χ3n) is 6.19. The van der Waals surface area contributed by atoms with E-state index in [2.05, 4.69) is 15.0 Å². The molecule has 0 aliphatic rings. The zero-order valence-corrected chi connectivity index (χ0v) is 22.2. The van der Waals surface area contributed by atoms with Gasteiger partial charge >= 0.3 is 12.1 Å². The van der Waals surface area contributed by atoms with Gasteiger partial charge in [0.15, 0.2) is 0 Å². The number of benzene rings is 2. The highest BCUT2D eigenvalue weighted by Gasteiger charge is 2.32. The van der Waals surface area contributed by atoms with Crippen molar-refractivity contribution in [3.63, 3.8) is 0 Å². The molecule has 0 radical (unpaired) electrons. The van der Waals surface area contributed by atoms with Gasteiger partial charge in [0.25, 0.3) is 0 Å². The summed E-state index contributed by atoms with van der Waals surface area (Å²) in [7, 11) is 0. The molecule has 0 bridgehead atoms. The molecule has 2 aromatic carbocycles. The summed E-state index contributed by atoms with van der Waals surface area (Å²) >= 11 is 0. The second kappa shape index (κ2) is 13.5. The molecule has 0 aliphatic carbocycles. The maximum Gasteiger partial charge on any atom is 0.416 e. The van der Waals surface area contributed by atoms with Crippen LogP contribution in [-0.4, -0.2) is 44.4 Å². The number of esters is 1. The summed E-state index contributed by atoms with van der Waals surface area (Å²) in [4.78, 5) is 40.5. The Hall–Kier alpha value is -4.86. The van der Waals surface area contributed by atoms with Crippen LogP contribution in [0.4, 0.5) is 13.2 Å². The average molecular weight is 561 g/mol. The van der Waals surface area contributed by atoms with Crippen molar-refractivity contribution in [3.05, 3.63) is 120 Å². The third kappa shape index (κ3) is 8.07. The zero-order valence-electron chi connectivity index (χ0n) is 22.2. The minimum Gasteiger partial charge on any atom is -0.464 e. The van der Waals surface area contributed by atoms with Crippen LogP contribution in [0.5, 0.6) is 0 Å². The van der Waals surface area contributed by atoms with Gasteiger partial charge in [0.2, 0.25) is 5.91 Å². The molecule has 0 spiro atoms. The molecule has 0 aliphatic heterocycles. The molecule has 41 heavy (non-hydrogen) atoms. The highest BCUT2D eigenvalue weighted by atomic mass is 19.4. The third-order valence-corrected chi connectivity index (χ3v) is 6.19. The van der Waals surface area contributed by atoms with Gasteiger partial charge in [-0.15, -0.1) is 0 Å². The van der Waals surface area contributed by atoms with Crippen LogP contribution < -0.4 is 0 Å². The van der Waals surface area contributed by atoms with Crippen molar-refractivity contribution in [2.45, 2.75) is 32.1 Å². The summed E-state index contributed by atoms with van der Waals surface area (Å²) in [5.41, 5.74) is 2.29. The van der Waals surface area contributed by atoms with Crippen LogP contribution in [0.15, 0.2) is 97.6 Å². The van der Waals surface area contributed by atoms with Gasteiger partial charge in [-0.05, 0) is 65.6 Å². The monoisotopic (exact) mass is 560 g/mol. The van der Waals surface area contributed by atoms with Gasteiger partial charge in [0.05, 0.1) is 12.2 Å². The lowest BCUT2D eigenvalue weighted by molar-refractivity contribution is -0.154. The van der Waals surface area contributed by atoms with Gasteiger partial charge in [-0.25, -0.2) is 14.8 Å². The Bertz CT molecular complexity index is 1460. The number of ether oxygens (including phenoxy) is 1. The van der Waals surface area contributed by atoms with E-state index in [1.54, 1.807) is 37.8 Å². The number of hydrogen-bond donors (Lipinski definition) is 0. The molecule has 4 rings (SSSR count). The quantitative estimate of drug-likeness (QED) is 0.181. The molecule has 10 heteroatoms. The maximum atomic E-state index is 13.6. The number of alkyl halides is 3. The highest BCUT2D eigenvalue weighted by Crippen LogP contribution is 2.29. The van der Waals surface area contributed by atoms with E-state index in [1.807, 2.05) is 36.4 Å². The van der Waals surface area contributed by atoms with E-state index in [0.29, 0.717) is 11.4 Å². The second-order valence-electron chi connectivity index (χ2n) is 8.99. The second-order valence-corrected chi connectivity index (χ2v) is 8.99. The molecule has 2 heterocycles. The molecule has 1 atom stereocenters. The van der Waals surface area contributed by atoms with Crippen molar-refractivity contribution >= 4 is 18.0 Å². The molecule has 1 amide bonds. The van der Waals surface area contributed by atoms with Crippen LogP contribution >= 0.6 is 0 Å². The Morgan fingerprint density at radius 1 is 0.902 bits per heavy atom. The number of carbonyl (C=O) groups is 2. The van der Waals surface area contributed by atoms with Crippen molar-refractivity contribution in [2.24, 2.45) is 0 Å². The molecular formula is C31H27F3N4O3. The lowest BCUT2D eigenvalue weighted by Crippen LogP contribution is -2.46. The molecule has 2 aromatic heterocycles. The summed E-state index contributed by atoms with van der Waals surface area (Å²) in [6, 6.07) is 16.3. The van der Waals surface area contributed by atoms with E-state index in [0.717, 1.165) is 28.8 Å². The molecule has 0 fully saturated rings. The van der Waals surface area contributed by atoms with Crippen LogP contribution in [0.25, 0.3) is 17.2 Å². The van der Waals surface area contributed by atoms with Crippen molar-refractivity contribution in [1.82, 2.24) is 19.9 Å². The Morgan fingerprint density at radius 3 is 2.15 bits per heavy atom. The average Bonchev–Trinajstić information content (AvgIpc) is 2.99. The molecule has 1 unspecified atom stereocenters. The SMILES string of the molecule is CCOC(=O)C(Cc1ncccn1)N(Cc1ccc(-c2ccncc2)cc1)C(=O)C=Cc1ccc(C(F)(F)F)cc1. The fraction of sp³-hybridized carbons (Fsp3) is 0.194. The number of pyridine rings is 1. The first kappa shape index (κ1) is 29.1. The van der Waals surface area contributed by atoms with Gasteiger partial charge in [0.1, 0.15) is 11.9 Å². The summed E-state index contributed by atoms with van der Waals surface area (Å²) < 4.78 is 44.1. The van der Waals surface area contributed by atoms with Gasteiger partial charge in [-0.3, -0.25) is 9.78 Å². The van der Waals surface area contributed by atoms with Crippen LogP contribution in [0, 0.1) is 0 Å². The van der Waals surface area contributed by atoms with E-state index in [-0.39, 0.29) is 19.6 Å². The summed E-state index contributed by atoms with van der Waals surface area (Å²) in [6.45, 7) is 1.83. The Balaban J connectivity index is 1.64. The number of halogens is 3. The Labute approximate surface area is 235 Å². The van der Waals surface area contributed by atoms with Crippen molar-refractivity contribution in [3.8, 4) is 11.1 Å². The fourth-order valence-corrected chi connectivity index (χ4v) is 4.10. The largest absolute Gasteiger partial charge is 0.464 e. The van der Waals surface area contributed by atoms with Gasteiger partial charge in [-0.1, -0.05) is 36.4 Å². The van der Waals surface area contributed by atoms with E-state index >= 15 is 0 Å². The van der Waals surface area contributed by atoms with Crippen LogP contribution in [0.1, 0.15) is 29.4 Å². The summed E-state index contributed by atoms with van der Waals surface area (Å²) in [6.07, 6.45) is 4.65. The summed E-state index contributed by atoms with van der Waals surface area (Å²) in [5.74, 6) is -0.801. The maximum absolute atomic E-state index is 13.6. The molecule has 4 aromatic rings. The fourth-order valence-electron chi connectivity index (χ4n) is 4.10. The smallest absolute Gasteiger partial charge is 0.416 e. The zero-order chi connectivity index (χ0) is 29.2. The molecule has 0 N–H and O–H groups in total. The Kier molecular flexibility index (Phi) is 9.57. The van der Waals surface area contributed by atoms with Gasteiger partial charge in [0, 0.05) is 43.8 Å². The number of carbonyl (C=O) groups excluding carboxylic acids is 2. The first-order chi connectivity index (χ1) is 19.7.